The summed E-state index contributed by atoms with van der Waals surface area (Å²) in [6.07, 6.45) is 0. The summed E-state index contributed by atoms with van der Waals surface area (Å²) in [5.41, 5.74) is 20.9. The summed E-state index contributed by atoms with van der Waals surface area (Å²) in [7, 11) is 0. The third kappa shape index (κ3) is 3.88. The molecule has 4 heterocycles. The monoisotopic (exact) mass is 740 g/mol. The summed E-state index contributed by atoms with van der Waals surface area (Å²) in [4.78, 5) is 0. The van der Waals surface area contributed by atoms with Gasteiger partial charge in [-0.3, -0.25) is 0 Å². The zero-order chi connectivity index (χ0) is 38.9. The Kier molecular flexibility index (Phi) is 6.07. The van der Waals surface area contributed by atoms with Gasteiger partial charge in [-0.2, -0.15) is 0 Å². The minimum absolute atomic E-state index is 1.26. The number of hydrogen-bond acceptors (Lipinski definition) is 0. The lowest BCUT2D eigenvalue weighted by Crippen LogP contribution is -1.98. The maximum Gasteiger partial charge on any atom is 0.0620 e. The molecule has 4 aromatic heterocycles. The summed E-state index contributed by atoms with van der Waals surface area (Å²) in [6, 6.07) is 51.3. The molecule has 58 heavy (non-hydrogen) atoms. The predicted octanol–water partition coefficient (Wildman–Crippen LogP) is 15.5. The van der Waals surface area contributed by atoms with Gasteiger partial charge in [0, 0.05) is 43.1 Å². The number of benzene rings is 9. The van der Waals surface area contributed by atoms with Gasteiger partial charge in [-0.1, -0.05) is 108 Å². The van der Waals surface area contributed by atoms with Crippen molar-refractivity contribution in [2.24, 2.45) is 0 Å². The van der Waals surface area contributed by atoms with E-state index >= 15 is 0 Å². The quantitative estimate of drug-likeness (QED) is 0.156. The van der Waals surface area contributed by atoms with E-state index < -0.39 is 0 Å². The highest BCUT2D eigenvalue weighted by molar-refractivity contribution is 6.32. The van der Waals surface area contributed by atoms with Crippen LogP contribution in [-0.2, 0) is 0 Å². The number of rotatable bonds is 2. The summed E-state index contributed by atoms with van der Waals surface area (Å²) in [6.45, 7) is 13.7. The molecule has 13 aromatic rings. The molecule has 0 saturated carbocycles. The van der Waals surface area contributed by atoms with E-state index in [-0.39, 0.29) is 0 Å². The van der Waals surface area contributed by atoms with E-state index in [1.165, 1.54) is 153 Å². The van der Waals surface area contributed by atoms with E-state index in [0.717, 1.165) is 0 Å². The van der Waals surface area contributed by atoms with Gasteiger partial charge in [0.25, 0.3) is 0 Å². The Morgan fingerprint density at radius 3 is 0.983 bits per heavy atom. The van der Waals surface area contributed by atoms with Gasteiger partial charge in [-0.25, -0.2) is 0 Å². The predicted molar refractivity (Wildman–Crippen MR) is 250 cm³/mol. The second-order valence-corrected chi connectivity index (χ2v) is 17.2. The van der Waals surface area contributed by atoms with Crippen LogP contribution in [0.2, 0.25) is 0 Å². The Morgan fingerprint density at radius 2 is 0.586 bits per heavy atom. The first-order valence-electron chi connectivity index (χ1n) is 20.6. The minimum atomic E-state index is 1.26. The average molecular weight is 741 g/mol. The van der Waals surface area contributed by atoms with Crippen molar-refractivity contribution in [1.29, 1.82) is 0 Å². The van der Waals surface area contributed by atoms with E-state index in [4.69, 9.17) is 0 Å². The van der Waals surface area contributed by atoms with Gasteiger partial charge in [-0.05, 0) is 144 Å². The van der Waals surface area contributed by atoms with Crippen molar-refractivity contribution in [3.63, 3.8) is 0 Å². The highest BCUT2D eigenvalue weighted by Gasteiger charge is 2.27. The number of aromatic nitrogens is 2. The SMILES string of the molecule is Cc1cc(C)c(-c2c3cc4c5cccc6c7ccccc7n(c4cc3c(-c3c(C)cc(C)cc3C)c3cc4c7cccc8c9ccccc9n(c4cc23)c87)c65)c(C)c1. The maximum atomic E-state index is 2.56. The summed E-state index contributed by atoms with van der Waals surface area (Å²) < 4.78 is 5.09. The van der Waals surface area contributed by atoms with Crippen LogP contribution >= 0.6 is 0 Å². The number of fused-ring (bicyclic) bond motifs is 14. The van der Waals surface area contributed by atoms with Gasteiger partial charge in [-0.15, -0.1) is 0 Å². The van der Waals surface area contributed by atoms with Crippen LogP contribution in [0.25, 0.3) is 120 Å². The molecule has 0 aliphatic heterocycles. The molecule has 13 rings (SSSR count). The van der Waals surface area contributed by atoms with Crippen molar-refractivity contribution in [1.82, 2.24) is 8.80 Å². The molecule has 9 aromatic carbocycles. The summed E-state index contributed by atoms with van der Waals surface area (Å²) in [5.74, 6) is 0. The zero-order valence-electron chi connectivity index (χ0n) is 33.6. The van der Waals surface area contributed by atoms with E-state index in [0.29, 0.717) is 0 Å². The average Bonchev–Trinajstić information content (AvgIpc) is 3.93. The Balaban J connectivity index is 1.35. The maximum absolute atomic E-state index is 2.56. The second-order valence-electron chi connectivity index (χ2n) is 17.2. The molecule has 0 amide bonds. The van der Waals surface area contributed by atoms with Crippen molar-refractivity contribution < 1.29 is 0 Å². The smallest absolute Gasteiger partial charge is 0.0620 e. The Morgan fingerprint density at radius 1 is 0.259 bits per heavy atom. The molecule has 0 aliphatic rings. The van der Waals surface area contributed by atoms with Gasteiger partial charge in [0.2, 0.25) is 0 Å². The highest BCUT2D eigenvalue weighted by atomic mass is 14.9. The molecular formula is C56H40N2. The number of aryl methyl sites for hydroxylation is 6. The molecule has 0 atom stereocenters. The first kappa shape index (κ1) is 32.2. The van der Waals surface area contributed by atoms with E-state index in [9.17, 15) is 0 Å². The molecular weight excluding hydrogens is 701 g/mol. The van der Waals surface area contributed by atoms with Gasteiger partial charge < -0.3 is 8.80 Å². The lowest BCUT2D eigenvalue weighted by molar-refractivity contribution is 1.32. The standard InChI is InChI=1S/C56H40N2/c1-29-21-31(3)51(32(4)22-29)53-43-25-41-39-17-11-15-37-36-14-8-10-20-48(36)58(55(37)39)50(41)28-46(43)54(52-33(5)23-30(2)24-34(52)6)44-26-42-40-18-12-16-38-35-13-7-9-19-47(35)57(56(38)40)49(42)27-45(44)53/h7-28H,1-6H3. The van der Waals surface area contributed by atoms with Crippen molar-refractivity contribution in [2.45, 2.75) is 41.5 Å². The van der Waals surface area contributed by atoms with Crippen LogP contribution in [0.4, 0.5) is 0 Å². The lowest BCUT2D eigenvalue weighted by Gasteiger charge is -2.23. The van der Waals surface area contributed by atoms with Crippen molar-refractivity contribution >= 4 is 97.7 Å². The first-order chi connectivity index (χ1) is 28.3. The van der Waals surface area contributed by atoms with Crippen LogP contribution in [0.5, 0.6) is 0 Å². The molecule has 0 unspecified atom stereocenters. The van der Waals surface area contributed by atoms with Gasteiger partial charge in [0.05, 0.1) is 33.1 Å². The number of hydrogen-bond donors (Lipinski definition) is 0. The van der Waals surface area contributed by atoms with E-state index in [1.807, 2.05) is 0 Å². The van der Waals surface area contributed by atoms with Crippen LogP contribution in [0.15, 0.2) is 133 Å². The molecule has 0 saturated heterocycles. The molecule has 0 aliphatic carbocycles. The molecule has 0 spiro atoms. The topological polar surface area (TPSA) is 8.82 Å². The highest BCUT2D eigenvalue weighted by Crippen LogP contribution is 2.52. The van der Waals surface area contributed by atoms with Crippen LogP contribution in [-0.4, -0.2) is 8.80 Å². The number of para-hydroxylation sites is 4. The molecule has 2 heteroatoms. The van der Waals surface area contributed by atoms with Crippen LogP contribution in [0, 0.1) is 41.5 Å². The number of nitrogens with zero attached hydrogens (tertiary/aromatic N) is 2. The Bertz CT molecular complexity index is 3660. The molecule has 274 valence electrons. The largest absolute Gasteiger partial charge is 0.308 e. The fourth-order valence-electron chi connectivity index (χ4n) is 11.8. The minimum Gasteiger partial charge on any atom is -0.308 e. The molecule has 0 fully saturated rings. The van der Waals surface area contributed by atoms with Crippen LogP contribution in [0.1, 0.15) is 33.4 Å². The third-order valence-electron chi connectivity index (χ3n) is 13.7. The van der Waals surface area contributed by atoms with Crippen molar-refractivity contribution in [3.8, 4) is 22.3 Å². The van der Waals surface area contributed by atoms with Crippen LogP contribution in [0.3, 0.4) is 0 Å². The molecule has 0 bridgehead atoms. The second kappa shape index (κ2) is 10.9. The zero-order valence-corrected chi connectivity index (χ0v) is 33.6. The summed E-state index contributed by atoms with van der Waals surface area (Å²) >= 11 is 0. The van der Waals surface area contributed by atoms with Gasteiger partial charge in [0.1, 0.15) is 0 Å². The molecule has 0 N–H and O–H groups in total. The summed E-state index contributed by atoms with van der Waals surface area (Å²) in [5, 5.41) is 15.7. The Labute approximate surface area is 335 Å². The first-order valence-corrected chi connectivity index (χ1v) is 20.6. The Hall–Kier alpha value is -6.90. The van der Waals surface area contributed by atoms with E-state index in [2.05, 4.69) is 184 Å². The van der Waals surface area contributed by atoms with Gasteiger partial charge in [0.15, 0.2) is 0 Å². The molecule has 0 radical (unpaired) electrons. The van der Waals surface area contributed by atoms with Crippen LogP contribution < -0.4 is 0 Å². The van der Waals surface area contributed by atoms with Crippen molar-refractivity contribution in [2.75, 3.05) is 0 Å². The normalized spacial score (nSPS) is 12.7. The fourth-order valence-corrected chi connectivity index (χ4v) is 11.8. The third-order valence-corrected chi connectivity index (χ3v) is 13.7. The van der Waals surface area contributed by atoms with E-state index in [1.54, 1.807) is 0 Å². The van der Waals surface area contributed by atoms with Crippen molar-refractivity contribution in [3.05, 3.63) is 167 Å². The fraction of sp³-hybridized carbons (Fsp3) is 0.107. The molecule has 2 nitrogen and oxygen atoms in total. The lowest BCUT2D eigenvalue weighted by atomic mass is 9.80. The van der Waals surface area contributed by atoms with Gasteiger partial charge >= 0.3 is 0 Å².